The molecule has 16 heavy (non-hydrogen) atoms. The molecule has 0 aliphatic heterocycles. The van der Waals surface area contributed by atoms with Crippen LogP contribution in [0.2, 0.25) is 0 Å². The minimum atomic E-state index is -0.703. The molecule has 1 atom stereocenters. The standard InChI is InChI=1S/C11H15F2NO2/c1-2-16-7-11(15)6-14-10-4-8(12)3-9(13)5-10/h3-5,11,14-15H,2,6-7H2,1H3. The summed E-state index contributed by atoms with van der Waals surface area (Å²) in [6, 6.07) is 3.12. The van der Waals surface area contributed by atoms with Gasteiger partial charge in [-0.25, -0.2) is 8.78 Å². The Morgan fingerprint density at radius 3 is 2.50 bits per heavy atom. The first-order valence-corrected chi connectivity index (χ1v) is 5.07. The fourth-order valence-corrected chi connectivity index (χ4v) is 1.20. The maximum atomic E-state index is 12.8. The molecule has 1 aromatic carbocycles. The maximum absolute atomic E-state index is 12.8. The lowest BCUT2D eigenvalue weighted by Crippen LogP contribution is -2.24. The second kappa shape index (κ2) is 6.40. The van der Waals surface area contributed by atoms with Crippen LogP contribution in [0, 0.1) is 11.6 Å². The second-order valence-electron chi connectivity index (χ2n) is 3.35. The van der Waals surface area contributed by atoms with Gasteiger partial charge in [0.2, 0.25) is 0 Å². The van der Waals surface area contributed by atoms with Crippen molar-refractivity contribution in [3.05, 3.63) is 29.8 Å². The van der Waals surface area contributed by atoms with Gasteiger partial charge in [-0.3, -0.25) is 0 Å². The van der Waals surface area contributed by atoms with Gasteiger partial charge >= 0.3 is 0 Å². The molecule has 0 fully saturated rings. The van der Waals surface area contributed by atoms with Crippen molar-refractivity contribution in [2.45, 2.75) is 13.0 Å². The van der Waals surface area contributed by atoms with E-state index in [1.165, 1.54) is 0 Å². The van der Waals surface area contributed by atoms with Crippen molar-refractivity contribution in [3.8, 4) is 0 Å². The molecule has 0 aromatic heterocycles. The molecule has 0 bridgehead atoms. The summed E-state index contributed by atoms with van der Waals surface area (Å²) in [5, 5.41) is 12.1. The van der Waals surface area contributed by atoms with Crippen molar-refractivity contribution >= 4 is 5.69 Å². The minimum absolute atomic E-state index is 0.183. The SMILES string of the molecule is CCOCC(O)CNc1cc(F)cc(F)c1. The van der Waals surface area contributed by atoms with Crippen LogP contribution < -0.4 is 5.32 Å². The predicted octanol–water partition coefficient (Wildman–Crippen LogP) is 1.77. The number of ether oxygens (including phenoxy) is 1. The first kappa shape index (κ1) is 12.9. The lowest BCUT2D eigenvalue weighted by Gasteiger charge is -2.12. The van der Waals surface area contributed by atoms with E-state index in [1.54, 1.807) is 0 Å². The molecule has 2 N–H and O–H groups in total. The quantitative estimate of drug-likeness (QED) is 0.784. The monoisotopic (exact) mass is 231 g/mol. The zero-order chi connectivity index (χ0) is 12.0. The number of aliphatic hydroxyl groups excluding tert-OH is 1. The van der Waals surface area contributed by atoms with Crippen LogP contribution in [0.25, 0.3) is 0 Å². The maximum Gasteiger partial charge on any atom is 0.128 e. The average Bonchev–Trinajstić information content (AvgIpc) is 2.22. The van der Waals surface area contributed by atoms with Gasteiger partial charge in [0.25, 0.3) is 0 Å². The van der Waals surface area contributed by atoms with Crippen LogP contribution in [0.3, 0.4) is 0 Å². The van der Waals surface area contributed by atoms with E-state index in [4.69, 9.17) is 4.74 Å². The highest BCUT2D eigenvalue weighted by Gasteiger charge is 2.05. The van der Waals surface area contributed by atoms with E-state index >= 15 is 0 Å². The molecule has 1 rings (SSSR count). The van der Waals surface area contributed by atoms with E-state index in [0.29, 0.717) is 12.3 Å². The summed E-state index contributed by atoms with van der Waals surface area (Å²) in [5.74, 6) is -1.30. The second-order valence-corrected chi connectivity index (χ2v) is 3.35. The molecule has 0 saturated heterocycles. The van der Waals surface area contributed by atoms with Gasteiger partial charge in [-0.15, -0.1) is 0 Å². The van der Waals surface area contributed by atoms with E-state index < -0.39 is 17.7 Å². The van der Waals surface area contributed by atoms with Gasteiger partial charge in [0.1, 0.15) is 11.6 Å². The Hall–Kier alpha value is -1.20. The summed E-state index contributed by atoms with van der Waals surface area (Å²) in [5.41, 5.74) is 0.299. The van der Waals surface area contributed by atoms with Crippen molar-refractivity contribution in [1.29, 1.82) is 0 Å². The van der Waals surface area contributed by atoms with Crippen LogP contribution in [-0.4, -0.2) is 31.0 Å². The van der Waals surface area contributed by atoms with Crippen LogP contribution in [0.1, 0.15) is 6.92 Å². The Morgan fingerprint density at radius 2 is 1.94 bits per heavy atom. The average molecular weight is 231 g/mol. The van der Waals surface area contributed by atoms with Crippen molar-refractivity contribution < 1.29 is 18.6 Å². The van der Waals surface area contributed by atoms with E-state index in [9.17, 15) is 13.9 Å². The highest BCUT2D eigenvalue weighted by Crippen LogP contribution is 2.12. The normalized spacial score (nSPS) is 12.5. The van der Waals surface area contributed by atoms with Crippen LogP contribution in [0.4, 0.5) is 14.5 Å². The zero-order valence-corrected chi connectivity index (χ0v) is 9.04. The minimum Gasteiger partial charge on any atom is -0.389 e. The molecule has 5 heteroatoms. The molecule has 1 aromatic rings. The molecule has 0 saturated carbocycles. The lowest BCUT2D eigenvalue weighted by molar-refractivity contribution is 0.0496. The summed E-state index contributed by atoms with van der Waals surface area (Å²) >= 11 is 0. The number of hydrogen-bond donors (Lipinski definition) is 2. The Morgan fingerprint density at radius 1 is 1.31 bits per heavy atom. The fraction of sp³-hybridized carbons (Fsp3) is 0.455. The fourth-order valence-electron chi connectivity index (χ4n) is 1.20. The smallest absolute Gasteiger partial charge is 0.128 e. The summed E-state index contributed by atoms with van der Waals surface area (Å²) in [4.78, 5) is 0. The third kappa shape index (κ3) is 4.55. The number of anilines is 1. The largest absolute Gasteiger partial charge is 0.389 e. The van der Waals surface area contributed by atoms with E-state index in [1.807, 2.05) is 6.92 Å². The summed E-state index contributed by atoms with van der Waals surface area (Å²) < 4.78 is 30.6. The Balaban J connectivity index is 2.41. The molecule has 1 unspecified atom stereocenters. The summed E-state index contributed by atoms with van der Waals surface area (Å²) in [7, 11) is 0. The number of aliphatic hydroxyl groups is 1. The molecular formula is C11H15F2NO2. The molecule has 0 aliphatic rings. The highest BCUT2D eigenvalue weighted by atomic mass is 19.1. The summed E-state index contributed by atoms with van der Waals surface area (Å²) in [6.07, 6.45) is -0.703. The Bertz CT molecular complexity index is 314. The van der Waals surface area contributed by atoms with Gasteiger partial charge in [0.05, 0.1) is 12.7 Å². The van der Waals surface area contributed by atoms with E-state index in [2.05, 4.69) is 5.32 Å². The first-order valence-electron chi connectivity index (χ1n) is 5.07. The lowest BCUT2D eigenvalue weighted by atomic mass is 10.3. The van der Waals surface area contributed by atoms with E-state index in [-0.39, 0.29) is 13.2 Å². The molecule has 0 radical (unpaired) electrons. The van der Waals surface area contributed by atoms with Gasteiger partial charge in [-0.05, 0) is 19.1 Å². The molecule has 3 nitrogen and oxygen atoms in total. The van der Waals surface area contributed by atoms with Gasteiger partial charge < -0.3 is 15.2 Å². The van der Waals surface area contributed by atoms with Crippen molar-refractivity contribution in [2.75, 3.05) is 25.1 Å². The molecule has 0 amide bonds. The molecule has 90 valence electrons. The number of rotatable bonds is 6. The Kier molecular flexibility index (Phi) is 5.14. The van der Waals surface area contributed by atoms with Gasteiger partial charge in [-0.2, -0.15) is 0 Å². The van der Waals surface area contributed by atoms with E-state index in [0.717, 1.165) is 18.2 Å². The molecule has 0 heterocycles. The van der Waals surface area contributed by atoms with Crippen LogP contribution >= 0.6 is 0 Å². The van der Waals surface area contributed by atoms with Crippen LogP contribution in [0.15, 0.2) is 18.2 Å². The summed E-state index contributed by atoms with van der Waals surface area (Å²) in [6.45, 7) is 2.72. The van der Waals surface area contributed by atoms with Crippen molar-refractivity contribution in [1.82, 2.24) is 0 Å². The number of halogens is 2. The van der Waals surface area contributed by atoms with Crippen molar-refractivity contribution in [2.24, 2.45) is 0 Å². The number of nitrogens with one attached hydrogen (secondary N) is 1. The van der Waals surface area contributed by atoms with Gasteiger partial charge in [0.15, 0.2) is 0 Å². The zero-order valence-electron chi connectivity index (χ0n) is 9.04. The van der Waals surface area contributed by atoms with Crippen LogP contribution in [0.5, 0.6) is 0 Å². The van der Waals surface area contributed by atoms with Gasteiger partial charge in [0, 0.05) is 24.9 Å². The van der Waals surface area contributed by atoms with Crippen LogP contribution in [-0.2, 0) is 4.74 Å². The highest BCUT2D eigenvalue weighted by molar-refractivity contribution is 5.43. The Labute approximate surface area is 93.0 Å². The first-order chi connectivity index (χ1) is 7.61. The third-order valence-corrected chi connectivity index (χ3v) is 1.92. The third-order valence-electron chi connectivity index (χ3n) is 1.92. The predicted molar refractivity (Wildman–Crippen MR) is 57.3 cm³/mol. The molecule has 0 aliphatic carbocycles. The topological polar surface area (TPSA) is 41.5 Å². The van der Waals surface area contributed by atoms with Gasteiger partial charge in [-0.1, -0.05) is 0 Å². The molecular weight excluding hydrogens is 216 g/mol. The molecule has 0 spiro atoms. The van der Waals surface area contributed by atoms with Crippen molar-refractivity contribution in [3.63, 3.8) is 0 Å². The number of benzene rings is 1. The number of hydrogen-bond acceptors (Lipinski definition) is 3.